The third-order valence-corrected chi connectivity index (χ3v) is 14.1. The van der Waals surface area contributed by atoms with Crippen molar-refractivity contribution < 1.29 is 58.9 Å². The first-order valence-electron chi connectivity index (χ1n) is 13.6. The maximum atomic E-state index is 4.10. The maximum absolute atomic E-state index is 4.10. The van der Waals surface area contributed by atoms with Crippen LogP contribution in [-0.2, 0) is 28.1 Å². The number of aryl methyl sites for hydroxylation is 5. The van der Waals surface area contributed by atoms with Crippen molar-refractivity contribution >= 4 is 23.6 Å². The summed E-state index contributed by atoms with van der Waals surface area (Å²) in [5, 5.41) is 4.27. The molecule has 3 aromatic rings. The first kappa shape index (κ1) is 38.9. The Morgan fingerprint density at radius 3 is 1.43 bits per heavy atom. The molecule has 0 radical (unpaired) electrons. The van der Waals surface area contributed by atoms with Gasteiger partial charge in [0.15, 0.2) is 0 Å². The topological polar surface area (TPSA) is 0 Å². The number of halogens is 3. The normalized spacial score (nSPS) is 16.3. The van der Waals surface area contributed by atoms with Crippen LogP contribution in [0.25, 0.3) is 0 Å². The molecule has 0 fully saturated rings. The molecule has 0 aromatic heterocycles. The van der Waals surface area contributed by atoms with Gasteiger partial charge in [0.25, 0.3) is 0 Å². The minimum Gasteiger partial charge on any atom is -1.00 e. The van der Waals surface area contributed by atoms with Crippen molar-refractivity contribution in [3.63, 3.8) is 0 Å². The second-order valence-corrected chi connectivity index (χ2v) is 15.7. The predicted octanol–water partition coefficient (Wildman–Crippen LogP) is -1.40. The molecular formula is C35H43Cl3SiTi. The van der Waals surface area contributed by atoms with Crippen LogP contribution in [0, 0.1) is 33.8 Å². The molecule has 4 rings (SSSR count). The number of hydrogen-bond acceptors (Lipinski definition) is 0. The first-order valence-corrected chi connectivity index (χ1v) is 15.6. The number of rotatable bonds is 7. The zero-order valence-electron chi connectivity index (χ0n) is 25.5. The molecule has 1 aliphatic rings. The zero-order chi connectivity index (χ0) is 26.3. The third kappa shape index (κ3) is 6.94. The average molecular weight is 646 g/mol. The monoisotopic (exact) mass is 644 g/mol. The maximum Gasteiger partial charge on any atom is 4.00 e. The average Bonchev–Trinajstić information content (AvgIpc) is 3.01. The van der Waals surface area contributed by atoms with Gasteiger partial charge in [-0.15, -0.1) is 6.92 Å². The summed E-state index contributed by atoms with van der Waals surface area (Å²) in [4.78, 5) is 0. The Hall–Kier alpha value is -1.06. The summed E-state index contributed by atoms with van der Waals surface area (Å²) in [7, 11) is -2.63. The molecule has 5 heteroatoms. The molecule has 0 saturated carbocycles. The largest absolute Gasteiger partial charge is 4.00 e. The molecule has 1 atom stereocenters. The van der Waals surface area contributed by atoms with Crippen LogP contribution in [0.1, 0.15) is 75.3 Å². The van der Waals surface area contributed by atoms with Crippen LogP contribution in [0.15, 0.2) is 77.4 Å². The van der Waals surface area contributed by atoms with Crippen LogP contribution in [0.5, 0.6) is 0 Å². The first-order chi connectivity index (χ1) is 17.0. The summed E-state index contributed by atoms with van der Waals surface area (Å²) in [5.74, 6) is 0. The van der Waals surface area contributed by atoms with E-state index in [1.165, 1.54) is 72.9 Å². The minimum absolute atomic E-state index is 0. The van der Waals surface area contributed by atoms with E-state index in [4.69, 9.17) is 0 Å². The van der Waals surface area contributed by atoms with E-state index in [1.54, 1.807) is 0 Å². The molecular weight excluding hydrogens is 603 g/mol. The van der Waals surface area contributed by atoms with Gasteiger partial charge in [-0.3, -0.25) is 6.08 Å². The van der Waals surface area contributed by atoms with E-state index in [2.05, 4.69) is 129 Å². The number of hydrogen-bond donors (Lipinski definition) is 0. The van der Waals surface area contributed by atoms with Crippen molar-refractivity contribution in [2.45, 2.75) is 86.6 Å². The molecule has 0 saturated heterocycles. The number of benzene rings is 3. The van der Waals surface area contributed by atoms with Gasteiger partial charge in [-0.2, -0.15) is 11.1 Å². The van der Waals surface area contributed by atoms with E-state index in [0.717, 1.165) is 6.42 Å². The molecule has 0 amide bonds. The summed E-state index contributed by atoms with van der Waals surface area (Å²) in [6.45, 7) is 20.7. The van der Waals surface area contributed by atoms with Gasteiger partial charge in [-0.05, 0) is 61.7 Å². The van der Waals surface area contributed by atoms with Gasteiger partial charge in [0, 0.05) is 0 Å². The van der Waals surface area contributed by atoms with Gasteiger partial charge in [-0.1, -0.05) is 122 Å². The van der Waals surface area contributed by atoms with Crippen LogP contribution in [0.2, 0.25) is 5.04 Å². The van der Waals surface area contributed by atoms with Crippen LogP contribution < -0.4 is 52.8 Å². The van der Waals surface area contributed by atoms with Crippen molar-refractivity contribution in [3.8, 4) is 0 Å². The van der Waals surface area contributed by atoms with Crippen LogP contribution in [-0.4, -0.2) is 8.07 Å². The SMILES string of the molecule is CCCCc1ccc([Si](c2cc(C)cc(C)c2)(c2cc(C)cc(C)c2)C2(C)[C-]=C(C)C(C)=C2C)cc1.[Cl-].[Cl-].[Cl-].[Ti+4]. The Labute approximate surface area is 278 Å². The summed E-state index contributed by atoms with van der Waals surface area (Å²) in [6.07, 6.45) is 7.72. The zero-order valence-corrected chi connectivity index (χ0v) is 30.4. The Morgan fingerprint density at radius 2 is 1.07 bits per heavy atom. The Morgan fingerprint density at radius 1 is 0.650 bits per heavy atom. The second-order valence-electron chi connectivity index (χ2n) is 11.4. The molecule has 0 aliphatic heterocycles. The Balaban J connectivity index is 0.00000380. The molecule has 0 heterocycles. The molecule has 0 bridgehead atoms. The van der Waals surface area contributed by atoms with Gasteiger partial charge in [0.1, 0.15) is 8.07 Å². The van der Waals surface area contributed by atoms with Crippen LogP contribution in [0.4, 0.5) is 0 Å². The van der Waals surface area contributed by atoms with Crippen molar-refractivity contribution in [3.05, 3.63) is 111 Å². The molecule has 0 nitrogen and oxygen atoms in total. The molecule has 3 aromatic carbocycles. The summed E-state index contributed by atoms with van der Waals surface area (Å²) in [5.41, 5.74) is 11.0. The standard InChI is InChI=1S/C35H43Si.3ClH.Ti/c1-10-11-12-31-13-15-32(16-14-31)36(33-19-24(2)17-25(3)20-33,34-21-26(4)18-27(5)22-34)35(9)23-28(6)29(7)30(35)8;;;;/h13-22H,10-12H2,1-9H3;3*1H;/q-1;;;;+4/p-3. The van der Waals surface area contributed by atoms with E-state index in [-0.39, 0.29) is 64.0 Å². The molecule has 212 valence electrons. The van der Waals surface area contributed by atoms with Gasteiger partial charge in [-0.25, -0.2) is 5.57 Å². The third-order valence-electron chi connectivity index (χ3n) is 8.58. The van der Waals surface area contributed by atoms with Crippen molar-refractivity contribution in [2.75, 3.05) is 0 Å². The molecule has 40 heavy (non-hydrogen) atoms. The van der Waals surface area contributed by atoms with Gasteiger partial charge in [0.05, 0.1) is 0 Å². The number of allylic oxidation sites excluding steroid dienone is 4. The molecule has 1 aliphatic carbocycles. The fourth-order valence-electron chi connectivity index (χ4n) is 6.64. The molecule has 1 unspecified atom stereocenters. The number of unbranched alkanes of at least 4 members (excludes halogenated alkanes) is 1. The summed E-state index contributed by atoms with van der Waals surface area (Å²) >= 11 is 0. The predicted molar refractivity (Wildman–Crippen MR) is 161 cm³/mol. The fraction of sp³-hybridized carbons (Fsp3) is 0.371. The van der Waals surface area contributed by atoms with Crippen molar-refractivity contribution in [1.82, 2.24) is 0 Å². The van der Waals surface area contributed by atoms with E-state index < -0.39 is 8.07 Å². The quantitative estimate of drug-likeness (QED) is 0.169. The molecule has 0 spiro atoms. The minimum atomic E-state index is -2.63. The van der Waals surface area contributed by atoms with Crippen molar-refractivity contribution in [2.24, 2.45) is 0 Å². The van der Waals surface area contributed by atoms with E-state index in [0.29, 0.717) is 0 Å². The van der Waals surface area contributed by atoms with Crippen LogP contribution in [0.3, 0.4) is 0 Å². The van der Waals surface area contributed by atoms with Gasteiger partial charge in [0.2, 0.25) is 0 Å². The van der Waals surface area contributed by atoms with E-state index in [1.807, 2.05) is 0 Å². The summed E-state index contributed by atoms with van der Waals surface area (Å²) < 4.78 is 0. The van der Waals surface area contributed by atoms with E-state index >= 15 is 0 Å². The fourth-order valence-corrected chi connectivity index (χ4v) is 12.9. The van der Waals surface area contributed by atoms with Gasteiger partial charge < -0.3 is 37.2 Å². The Kier molecular flexibility index (Phi) is 15.0. The van der Waals surface area contributed by atoms with Gasteiger partial charge >= 0.3 is 21.7 Å². The summed E-state index contributed by atoms with van der Waals surface area (Å²) in [6, 6.07) is 24.3. The Bertz CT molecular complexity index is 1270. The van der Waals surface area contributed by atoms with Crippen LogP contribution >= 0.6 is 0 Å². The van der Waals surface area contributed by atoms with E-state index in [9.17, 15) is 0 Å². The smallest absolute Gasteiger partial charge is 1.00 e. The second kappa shape index (κ2) is 15.4. The molecule has 0 N–H and O–H groups in total. The van der Waals surface area contributed by atoms with Crippen molar-refractivity contribution in [1.29, 1.82) is 0 Å².